The van der Waals surface area contributed by atoms with Crippen molar-refractivity contribution in [3.05, 3.63) is 29.8 Å². The van der Waals surface area contributed by atoms with Crippen molar-refractivity contribution in [2.24, 2.45) is 0 Å². The van der Waals surface area contributed by atoms with E-state index >= 15 is 0 Å². The minimum Gasteiger partial charge on any atom is -0.494 e. The summed E-state index contributed by atoms with van der Waals surface area (Å²) >= 11 is 0. The van der Waals surface area contributed by atoms with E-state index in [1.165, 1.54) is 0 Å². The van der Waals surface area contributed by atoms with Gasteiger partial charge in [0.2, 0.25) is 0 Å². The Morgan fingerprint density at radius 1 is 1.41 bits per heavy atom. The van der Waals surface area contributed by atoms with Crippen LogP contribution in [0.2, 0.25) is 0 Å². The van der Waals surface area contributed by atoms with Gasteiger partial charge in [0.1, 0.15) is 11.4 Å². The number of ether oxygens (including phenoxy) is 2. The van der Waals surface area contributed by atoms with Crippen LogP contribution in [-0.4, -0.2) is 42.8 Å². The zero-order chi connectivity index (χ0) is 16.2. The van der Waals surface area contributed by atoms with Crippen molar-refractivity contribution in [2.45, 2.75) is 39.3 Å². The molecular weight excluding hydrogens is 280 g/mol. The number of benzene rings is 1. The van der Waals surface area contributed by atoms with Crippen molar-refractivity contribution >= 4 is 6.09 Å². The van der Waals surface area contributed by atoms with Crippen LogP contribution in [0.5, 0.6) is 5.75 Å². The van der Waals surface area contributed by atoms with E-state index in [0.717, 1.165) is 24.4 Å². The van der Waals surface area contributed by atoms with Gasteiger partial charge in [0.25, 0.3) is 0 Å². The van der Waals surface area contributed by atoms with Gasteiger partial charge < -0.3 is 14.8 Å². The lowest BCUT2D eigenvalue weighted by Crippen LogP contribution is -2.50. The smallest absolute Gasteiger partial charge is 0.410 e. The van der Waals surface area contributed by atoms with Crippen molar-refractivity contribution in [3.8, 4) is 5.75 Å². The monoisotopic (exact) mass is 306 g/mol. The van der Waals surface area contributed by atoms with Crippen LogP contribution in [0.1, 0.15) is 39.3 Å². The Bertz CT molecular complexity index is 511. The van der Waals surface area contributed by atoms with E-state index in [4.69, 9.17) is 9.47 Å². The van der Waals surface area contributed by atoms with Gasteiger partial charge in [0.15, 0.2) is 0 Å². The predicted octanol–water partition coefficient (Wildman–Crippen LogP) is 2.97. The van der Waals surface area contributed by atoms with Crippen molar-refractivity contribution in [2.75, 3.05) is 26.2 Å². The zero-order valence-corrected chi connectivity index (χ0v) is 13.9. The highest BCUT2D eigenvalue weighted by Gasteiger charge is 2.31. The van der Waals surface area contributed by atoms with E-state index in [0.29, 0.717) is 13.2 Å². The Balaban J connectivity index is 2.19. The van der Waals surface area contributed by atoms with Crippen LogP contribution in [0.25, 0.3) is 0 Å². The number of nitrogens with one attached hydrogen (secondary N) is 1. The van der Waals surface area contributed by atoms with Gasteiger partial charge in [0.05, 0.1) is 12.6 Å². The predicted molar refractivity (Wildman–Crippen MR) is 86.2 cm³/mol. The average Bonchev–Trinajstić information content (AvgIpc) is 2.46. The Morgan fingerprint density at radius 2 is 2.18 bits per heavy atom. The molecule has 1 saturated heterocycles. The minimum atomic E-state index is -0.486. The number of hydrogen-bond donors (Lipinski definition) is 1. The number of piperazine rings is 1. The van der Waals surface area contributed by atoms with Gasteiger partial charge in [-0.25, -0.2) is 4.79 Å². The molecule has 1 fully saturated rings. The molecule has 1 heterocycles. The Hall–Kier alpha value is -1.75. The molecule has 1 atom stereocenters. The van der Waals surface area contributed by atoms with E-state index in [2.05, 4.69) is 5.32 Å². The molecule has 2 rings (SSSR count). The van der Waals surface area contributed by atoms with Crippen LogP contribution in [0.4, 0.5) is 4.79 Å². The highest BCUT2D eigenvalue weighted by atomic mass is 16.6. The third-order valence-electron chi connectivity index (χ3n) is 3.43. The van der Waals surface area contributed by atoms with Gasteiger partial charge in [-0.1, -0.05) is 12.1 Å². The molecular formula is C17H26N2O3. The fraction of sp³-hybridized carbons (Fsp3) is 0.588. The first-order valence-electron chi connectivity index (χ1n) is 7.84. The maximum Gasteiger partial charge on any atom is 0.410 e. The van der Waals surface area contributed by atoms with Crippen molar-refractivity contribution in [1.29, 1.82) is 0 Å². The van der Waals surface area contributed by atoms with E-state index in [1.54, 1.807) is 4.90 Å². The number of carbonyl (C=O) groups is 1. The average molecular weight is 306 g/mol. The minimum absolute atomic E-state index is 0.0380. The summed E-state index contributed by atoms with van der Waals surface area (Å²) in [6, 6.07) is 7.88. The third-order valence-corrected chi connectivity index (χ3v) is 3.43. The molecule has 1 amide bonds. The SMILES string of the molecule is CCOc1cccc(C2CNCCN2C(=O)OC(C)(C)C)c1. The molecule has 0 aromatic heterocycles. The van der Waals surface area contributed by atoms with Crippen LogP contribution >= 0.6 is 0 Å². The molecule has 1 aromatic carbocycles. The summed E-state index contributed by atoms with van der Waals surface area (Å²) in [7, 11) is 0. The maximum atomic E-state index is 12.5. The molecule has 1 aromatic rings. The van der Waals surface area contributed by atoms with E-state index in [9.17, 15) is 4.79 Å². The molecule has 1 N–H and O–H groups in total. The molecule has 5 heteroatoms. The van der Waals surface area contributed by atoms with Gasteiger partial charge in [-0.2, -0.15) is 0 Å². The lowest BCUT2D eigenvalue weighted by atomic mass is 10.0. The molecule has 122 valence electrons. The topological polar surface area (TPSA) is 50.8 Å². The van der Waals surface area contributed by atoms with Gasteiger partial charge in [-0.05, 0) is 45.4 Å². The number of rotatable bonds is 3. The highest BCUT2D eigenvalue weighted by molar-refractivity contribution is 5.69. The fourth-order valence-electron chi connectivity index (χ4n) is 2.52. The summed E-state index contributed by atoms with van der Waals surface area (Å²) in [6.45, 7) is 10.4. The first-order valence-corrected chi connectivity index (χ1v) is 7.84. The van der Waals surface area contributed by atoms with E-state index in [-0.39, 0.29) is 12.1 Å². The van der Waals surface area contributed by atoms with E-state index in [1.807, 2.05) is 52.0 Å². The van der Waals surface area contributed by atoms with Gasteiger partial charge >= 0.3 is 6.09 Å². The summed E-state index contributed by atoms with van der Waals surface area (Å²) in [5, 5.41) is 3.34. The molecule has 0 saturated carbocycles. The fourth-order valence-corrected chi connectivity index (χ4v) is 2.52. The zero-order valence-electron chi connectivity index (χ0n) is 13.9. The van der Waals surface area contributed by atoms with Crippen LogP contribution in [0, 0.1) is 0 Å². The Labute approximate surface area is 132 Å². The van der Waals surface area contributed by atoms with Crippen LogP contribution in [-0.2, 0) is 4.74 Å². The van der Waals surface area contributed by atoms with Crippen molar-refractivity contribution in [1.82, 2.24) is 10.2 Å². The normalized spacial score (nSPS) is 18.9. The second kappa shape index (κ2) is 7.01. The largest absolute Gasteiger partial charge is 0.494 e. The van der Waals surface area contributed by atoms with Crippen molar-refractivity contribution in [3.63, 3.8) is 0 Å². The first kappa shape index (κ1) is 16.6. The molecule has 0 spiro atoms. The van der Waals surface area contributed by atoms with Crippen molar-refractivity contribution < 1.29 is 14.3 Å². The standard InChI is InChI=1S/C17H26N2O3/c1-5-21-14-8-6-7-13(11-14)15-12-18-9-10-19(15)16(20)22-17(2,3)4/h6-8,11,15,18H,5,9-10,12H2,1-4H3. The molecule has 22 heavy (non-hydrogen) atoms. The van der Waals surface area contributed by atoms with Crippen LogP contribution in [0.3, 0.4) is 0 Å². The summed E-state index contributed by atoms with van der Waals surface area (Å²) in [5.74, 6) is 0.828. The van der Waals surface area contributed by atoms with Gasteiger partial charge in [-0.3, -0.25) is 4.90 Å². The molecule has 0 bridgehead atoms. The number of carbonyl (C=O) groups excluding carboxylic acids is 1. The third kappa shape index (κ3) is 4.37. The van der Waals surface area contributed by atoms with Crippen LogP contribution < -0.4 is 10.1 Å². The second-order valence-electron chi connectivity index (χ2n) is 6.40. The molecule has 1 unspecified atom stereocenters. The van der Waals surface area contributed by atoms with Gasteiger partial charge in [0, 0.05) is 19.6 Å². The summed E-state index contributed by atoms with van der Waals surface area (Å²) in [6.07, 6.45) is -0.263. The molecule has 1 aliphatic heterocycles. The number of nitrogens with zero attached hydrogens (tertiary/aromatic N) is 1. The highest BCUT2D eigenvalue weighted by Crippen LogP contribution is 2.27. The molecule has 1 aliphatic rings. The number of hydrogen-bond acceptors (Lipinski definition) is 4. The lowest BCUT2D eigenvalue weighted by Gasteiger charge is -2.37. The molecule has 0 radical (unpaired) electrons. The number of amides is 1. The maximum absolute atomic E-state index is 12.5. The Kier molecular flexibility index (Phi) is 5.29. The quantitative estimate of drug-likeness (QED) is 0.933. The first-order chi connectivity index (χ1) is 10.4. The summed E-state index contributed by atoms with van der Waals surface area (Å²) < 4.78 is 11.1. The van der Waals surface area contributed by atoms with Crippen LogP contribution in [0.15, 0.2) is 24.3 Å². The Morgan fingerprint density at radius 3 is 2.86 bits per heavy atom. The summed E-state index contributed by atoms with van der Waals surface area (Å²) in [5.41, 5.74) is 0.573. The van der Waals surface area contributed by atoms with E-state index < -0.39 is 5.60 Å². The molecule has 5 nitrogen and oxygen atoms in total. The lowest BCUT2D eigenvalue weighted by molar-refractivity contribution is 0.0117. The molecule has 0 aliphatic carbocycles. The van der Waals surface area contributed by atoms with Gasteiger partial charge in [-0.15, -0.1) is 0 Å². The summed E-state index contributed by atoms with van der Waals surface area (Å²) in [4.78, 5) is 14.3. The second-order valence-corrected chi connectivity index (χ2v) is 6.40.